The van der Waals surface area contributed by atoms with Gasteiger partial charge in [0, 0.05) is 23.0 Å². The Balaban J connectivity index is 1.88. The van der Waals surface area contributed by atoms with Crippen molar-refractivity contribution in [3.05, 3.63) is 78.0 Å². The van der Waals surface area contributed by atoms with E-state index in [0.717, 1.165) is 0 Å². The fourth-order valence-electron chi connectivity index (χ4n) is 2.39. The first-order valence-corrected chi connectivity index (χ1v) is 6.64. The number of nitrogens with one attached hydrogen (secondary N) is 1. The van der Waals surface area contributed by atoms with Crippen molar-refractivity contribution >= 4 is 17.0 Å². The zero-order valence-corrected chi connectivity index (χ0v) is 11.0. The highest BCUT2D eigenvalue weighted by Gasteiger charge is 2.07. The van der Waals surface area contributed by atoms with Gasteiger partial charge in [0.2, 0.25) is 0 Å². The molecule has 3 rings (SSSR count). The normalized spacial score (nSPS) is 13.1. The van der Waals surface area contributed by atoms with E-state index in [4.69, 9.17) is 0 Å². The third-order valence-electron chi connectivity index (χ3n) is 3.49. The zero-order chi connectivity index (χ0) is 13.1. The fourth-order valence-corrected chi connectivity index (χ4v) is 2.39. The lowest BCUT2D eigenvalue weighted by Crippen LogP contribution is -1.86. The molecule has 0 bridgehead atoms. The van der Waals surface area contributed by atoms with Gasteiger partial charge in [-0.25, -0.2) is 0 Å². The molecule has 0 aliphatic rings. The van der Waals surface area contributed by atoms with E-state index in [1.54, 1.807) is 0 Å². The second-order valence-corrected chi connectivity index (χ2v) is 4.85. The summed E-state index contributed by atoms with van der Waals surface area (Å²) in [5.74, 6) is 0.399. The smallest absolute Gasteiger partial charge is 0.0457 e. The molecule has 1 N–H and O–H groups in total. The summed E-state index contributed by atoms with van der Waals surface area (Å²) in [5.41, 5.74) is 3.80. The van der Waals surface area contributed by atoms with Crippen LogP contribution in [0.1, 0.15) is 24.0 Å². The van der Waals surface area contributed by atoms with Crippen molar-refractivity contribution in [1.82, 2.24) is 4.98 Å². The predicted molar refractivity (Wildman–Crippen MR) is 82.2 cm³/mol. The zero-order valence-electron chi connectivity index (χ0n) is 11.0. The SMILES string of the molecule is C[C@@H](/C=C/c1ccccc1)c1c[nH]c2ccccc12. The summed E-state index contributed by atoms with van der Waals surface area (Å²) < 4.78 is 0. The van der Waals surface area contributed by atoms with Gasteiger partial charge in [0.1, 0.15) is 0 Å². The molecule has 3 aromatic rings. The predicted octanol–water partition coefficient (Wildman–Crippen LogP) is 4.98. The molecule has 0 unspecified atom stereocenters. The Morgan fingerprint density at radius 2 is 1.68 bits per heavy atom. The van der Waals surface area contributed by atoms with Crippen LogP contribution in [-0.2, 0) is 0 Å². The molecule has 0 fully saturated rings. The second kappa shape index (κ2) is 5.15. The van der Waals surface area contributed by atoms with Crippen LogP contribution in [0.3, 0.4) is 0 Å². The number of H-pyrrole nitrogens is 1. The number of fused-ring (bicyclic) bond motifs is 1. The summed E-state index contributed by atoms with van der Waals surface area (Å²) in [4.78, 5) is 3.33. The summed E-state index contributed by atoms with van der Waals surface area (Å²) in [6, 6.07) is 18.9. The Labute approximate surface area is 113 Å². The van der Waals surface area contributed by atoms with Crippen molar-refractivity contribution < 1.29 is 0 Å². The lowest BCUT2D eigenvalue weighted by Gasteiger charge is -2.04. The largest absolute Gasteiger partial charge is 0.361 e. The van der Waals surface area contributed by atoms with Crippen LogP contribution in [0.4, 0.5) is 0 Å². The van der Waals surface area contributed by atoms with Gasteiger partial charge in [0.15, 0.2) is 0 Å². The molecule has 0 spiro atoms. The van der Waals surface area contributed by atoms with Crippen LogP contribution >= 0.6 is 0 Å². The number of aromatic nitrogens is 1. The van der Waals surface area contributed by atoms with Crippen LogP contribution in [-0.4, -0.2) is 4.98 Å². The van der Waals surface area contributed by atoms with Crippen molar-refractivity contribution in [2.45, 2.75) is 12.8 Å². The average molecular weight is 247 g/mol. The van der Waals surface area contributed by atoms with Gasteiger partial charge in [-0.05, 0) is 17.2 Å². The van der Waals surface area contributed by atoms with E-state index >= 15 is 0 Å². The summed E-state index contributed by atoms with van der Waals surface area (Å²) in [5, 5.41) is 1.31. The third-order valence-corrected chi connectivity index (χ3v) is 3.49. The van der Waals surface area contributed by atoms with Gasteiger partial charge in [-0.3, -0.25) is 0 Å². The summed E-state index contributed by atoms with van der Waals surface area (Å²) in [7, 11) is 0. The van der Waals surface area contributed by atoms with E-state index < -0.39 is 0 Å². The molecule has 0 saturated carbocycles. The lowest BCUT2D eigenvalue weighted by molar-refractivity contribution is 0.984. The van der Waals surface area contributed by atoms with Crippen molar-refractivity contribution in [3.8, 4) is 0 Å². The highest BCUT2D eigenvalue weighted by atomic mass is 14.7. The number of rotatable bonds is 3. The van der Waals surface area contributed by atoms with Crippen LogP contribution < -0.4 is 0 Å². The molecule has 1 heterocycles. The molecule has 1 nitrogen and oxygen atoms in total. The molecule has 0 aliphatic carbocycles. The maximum atomic E-state index is 3.33. The Hall–Kier alpha value is -2.28. The number of allylic oxidation sites excluding steroid dienone is 1. The number of benzene rings is 2. The van der Waals surface area contributed by atoms with Gasteiger partial charge in [-0.1, -0.05) is 67.6 Å². The molecule has 0 saturated heterocycles. The summed E-state index contributed by atoms with van der Waals surface area (Å²) >= 11 is 0. The maximum absolute atomic E-state index is 3.33. The lowest BCUT2D eigenvalue weighted by atomic mass is 9.99. The van der Waals surface area contributed by atoms with Crippen molar-refractivity contribution in [2.75, 3.05) is 0 Å². The molecule has 1 atom stereocenters. The van der Waals surface area contributed by atoms with E-state index in [2.05, 4.69) is 78.8 Å². The molecular formula is C18H17N. The molecule has 0 amide bonds. The Morgan fingerprint density at radius 1 is 0.947 bits per heavy atom. The molecule has 94 valence electrons. The molecule has 1 heteroatoms. The van der Waals surface area contributed by atoms with Crippen LogP contribution in [0.5, 0.6) is 0 Å². The van der Waals surface area contributed by atoms with Gasteiger partial charge < -0.3 is 4.98 Å². The summed E-state index contributed by atoms with van der Waals surface area (Å²) in [6.07, 6.45) is 6.56. The van der Waals surface area contributed by atoms with E-state index in [0.29, 0.717) is 5.92 Å². The fraction of sp³-hybridized carbons (Fsp3) is 0.111. The molecule has 0 aliphatic heterocycles. The third kappa shape index (κ3) is 2.45. The number of para-hydroxylation sites is 1. The Bertz CT molecular complexity index is 692. The van der Waals surface area contributed by atoms with E-state index in [1.165, 1.54) is 22.0 Å². The Morgan fingerprint density at radius 3 is 2.53 bits per heavy atom. The van der Waals surface area contributed by atoms with E-state index in [1.807, 2.05) is 6.07 Å². The van der Waals surface area contributed by atoms with Gasteiger partial charge in [0.05, 0.1) is 0 Å². The molecule has 0 radical (unpaired) electrons. The minimum absolute atomic E-state index is 0.399. The monoisotopic (exact) mass is 247 g/mol. The molecule has 2 aromatic carbocycles. The first kappa shape index (κ1) is 11.8. The minimum Gasteiger partial charge on any atom is -0.361 e. The van der Waals surface area contributed by atoms with Crippen molar-refractivity contribution in [1.29, 1.82) is 0 Å². The second-order valence-electron chi connectivity index (χ2n) is 4.85. The van der Waals surface area contributed by atoms with Crippen LogP contribution in [0, 0.1) is 0 Å². The quantitative estimate of drug-likeness (QED) is 0.671. The van der Waals surface area contributed by atoms with Crippen LogP contribution in [0.25, 0.3) is 17.0 Å². The summed E-state index contributed by atoms with van der Waals surface area (Å²) in [6.45, 7) is 2.23. The number of hydrogen-bond donors (Lipinski definition) is 1. The topological polar surface area (TPSA) is 15.8 Å². The Kier molecular flexibility index (Phi) is 3.20. The van der Waals surface area contributed by atoms with Crippen LogP contribution in [0.15, 0.2) is 66.9 Å². The molecule has 1 aromatic heterocycles. The number of hydrogen-bond acceptors (Lipinski definition) is 0. The van der Waals surface area contributed by atoms with Crippen molar-refractivity contribution in [2.24, 2.45) is 0 Å². The van der Waals surface area contributed by atoms with E-state index in [-0.39, 0.29) is 0 Å². The van der Waals surface area contributed by atoms with Crippen molar-refractivity contribution in [3.63, 3.8) is 0 Å². The first-order valence-electron chi connectivity index (χ1n) is 6.64. The van der Waals surface area contributed by atoms with Gasteiger partial charge in [-0.15, -0.1) is 0 Å². The van der Waals surface area contributed by atoms with Gasteiger partial charge >= 0.3 is 0 Å². The number of aromatic amines is 1. The molecule has 19 heavy (non-hydrogen) atoms. The molecular weight excluding hydrogens is 230 g/mol. The highest BCUT2D eigenvalue weighted by molar-refractivity contribution is 5.84. The van der Waals surface area contributed by atoms with Gasteiger partial charge in [0.25, 0.3) is 0 Å². The average Bonchev–Trinajstić information content (AvgIpc) is 2.90. The maximum Gasteiger partial charge on any atom is 0.0457 e. The van der Waals surface area contributed by atoms with E-state index in [9.17, 15) is 0 Å². The standard InChI is InChI=1S/C18H17N/c1-14(11-12-15-7-3-2-4-8-15)17-13-19-18-10-6-5-9-16(17)18/h2-14,19H,1H3/b12-11+/t14-/m0/s1. The van der Waals surface area contributed by atoms with Crippen LogP contribution in [0.2, 0.25) is 0 Å². The first-order chi connectivity index (χ1) is 9.34. The van der Waals surface area contributed by atoms with Gasteiger partial charge in [-0.2, -0.15) is 0 Å². The minimum atomic E-state index is 0.399. The highest BCUT2D eigenvalue weighted by Crippen LogP contribution is 2.26.